The molecule has 1 aromatic rings. The maximum atomic E-state index is 10.6. The van der Waals surface area contributed by atoms with Crippen molar-refractivity contribution in [3.63, 3.8) is 0 Å². The van der Waals surface area contributed by atoms with Crippen LogP contribution < -0.4 is 9.47 Å². The second-order valence-corrected chi connectivity index (χ2v) is 1.50. The molecule has 0 amide bonds. The number of nitrogens with zero attached hydrogens (tertiary/aromatic N) is 1. The summed E-state index contributed by atoms with van der Waals surface area (Å²) in [6.07, 6.45) is 1.26. The van der Waals surface area contributed by atoms with E-state index in [1.165, 1.54) is 13.3 Å². The topological polar surface area (TPSA) is 36.2 Å². The highest BCUT2D eigenvalue weighted by atomic mass is 16.5. The van der Waals surface area contributed by atoms with Crippen molar-refractivity contribution < 1.29 is 9.47 Å². The van der Waals surface area contributed by atoms with E-state index in [-0.39, 0.29) is 5.88 Å². The SMILES string of the molecule is COc1cc[c]c[n+]1[O-]. The van der Waals surface area contributed by atoms with E-state index in [9.17, 15) is 5.21 Å². The fourth-order valence-corrected chi connectivity index (χ4v) is 0.525. The first-order valence-electron chi connectivity index (χ1n) is 2.48. The highest BCUT2D eigenvalue weighted by molar-refractivity contribution is 5.01. The number of hydrogen-bond acceptors (Lipinski definition) is 2. The maximum absolute atomic E-state index is 10.6. The molecule has 0 spiro atoms. The standard InChI is InChI=1S/C6H6NO2/c1-9-6-4-2-3-5-7(6)8/h2,4-5H,1H3. The van der Waals surface area contributed by atoms with E-state index in [2.05, 4.69) is 10.8 Å². The van der Waals surface area contributed by atoms with Crippen molar-refractivity contribution in [2.45, 2.75) is 0 Å². The van der Waals surface area contributed by atoms with Crippen LogP contribution in [-0.4, -0.2) is 7.11 Å². The number of methoxy groups -OCH3 is 1. The first-order chi connectivity index (χ1) is 4.34. The number of hydrogen-bond donors (Lipinski definition) is 0. The van der Waals surface area contributed by atoms with E-state index in [0.717, 1.165) is 0 Å². The molecule has 1 rings (SSSR count). The van der Waals surface area contributed by atoms with Crippen LogP contribution >= 0.6 is 0 Å². The summed E-state index contributed by atoms with van der Waals surface area (Å²) in [5, 5.41) is 10.6. The molecule has 1 heterocycles. The Morgan fingerprint density at radius 1 is 1.78 bits per heavy atom. The monoisotopic (exact) mass is 124 g/mol. The molecule has 0 saturated carbocycles. The summed E-state index contributed by atoms with van der Waals surface area (Å²) in [4.78, 5) is 0. The normalized spacial score (nSPS) is 9.00. The van der Waals surface area contributed by atoms with Crippen molar-refractivity contribution in [2.75, 3.05) is 7.11 Å². The lowest BCUT2D eigenvalue weighted by atomic mass is 10.5. The smallest absolute Gasteiger partial charge is 0.379 e. The molecular weight excluding hydrogens is 118 g/mol. The van der Waals surface area contributed by atoms with E-state index in [4.69, 9.17) is 0 Å². The van der Waals surface area contributed by atoms with Gasteiger partial charge in [-0.15, -0.1) is 4.73 Å². The summed E-state index contributed by atoms with van der Waals surface area (Å²) >= 11 is 0. The van der Waals surface area contributed by atoms with Gasteiger partial charge in [-0.3, -0.25) is 0 Å². The van der Waals surface area contributed by atoms with Crippen molar-refractivity contribution in [1.29, 1.82) is 0 Å². The predicted molar refractivity (Wildman–Crippen MR) is 30.8 cm³/mol. The van der Waals surface area contributed by atoms with Crippen LogP contribution in [0.4, 0.5) is 0 Å². The summed E-state index contributed by atoms with van der Waals surface area (Å²) in [6, 6.07) is 5.77. The van der Waals surface area contributed by atoms with Gasteiger partial charge < -0.3 is 9.94 Å². The Bertz CT molecular complexity index is 200. The van der Waals surface area contributed by atoms with Gasteiger partial charge in [-0.2, -0.15) is 0 Å². The first-order valence-corrected chi connectivity index (χ1v) is 2.48. The van der Waals surface area contributed by atoms with Gasteiger partial charge in [0.25, 0.3) is 0 Å². The lowest BCUT2D eigenvalue weighted by Gasteiger charge is -1.98. The fraction of sp³-hybridized carbons (Fsp3) is 0.167. The summed E-state index contributed by atoms with van der Waals surface area (Å²) in [6.45, 7) is 0. The third-order valence-corrected chi connectivity index (χ3v) is 0.940. The van der Waals surface area contributed by atoms with Crippen LogP contribution in [0.15, 0.2) is 18.3 Å². The number of ether oxygens (including phenoxy) is 1. The molecule has 0 N–H and O–H groups in total. The van der Waals surface area contributed by atoms with Gasteiger partial charge in [0.05, 0.1) is 19.2 Å². The number of rotatable bonds is 1. The maximum Gasteiger partial charge on any atom is 0.379 e. The second-order valence-electron chi connectivity index (χ2n) is 1.50. The summed E-state index contributed by atoms with van der Waals surface area (Å²) < 4.78 is 5.29. The highest BCUT2D eigenvalue weighted by Gasteiger charge is 1.98. The lowest BCUT2D eigenvalue weighted by molar-refractivity contribution is -0.612. The van der Waals surface area contributed by atoms with Crippen LogP contribution in [0.5, 0.6) is 5.88 Å². The minimum atomic E-state index is 0.286. The molecule has 0 saturated heterocycles. The Morgan fingerprint density at radius 3 is 3.00 bits per heavy atom. The van der Waals surface area contributed by atoms with E-state index >= 15 is 0 Å². The van der Waals surface area contributed by atoms with Crippen LogP contribution in [0.25, 0.3) is 0 Å². The average molecular weight is 124 g/mol. The minimum Gasteiger partial charge on any atom is -0.616 e. The van der Waals surface area contributed by atoms with Crippen molar-refractivity contribution in [1.82, 2.24) is 0 Å². The van der Waals surface area contributed by atoms with Gasteiger partial charge in [-0.05, 0) is 6.07 Å². The Kier molecular flexibility index (Phi) is 1.53. The third kappa shape index (κ3) is 1.10. The molecule has 0 bridgehead atoms. The molecule has 3 nitrogen and oxygen atoms in total. The van der Waals surface area contributed by atoms with Gasteiger partial charge in [-0.1, -0.05) is 0 Å². The predicted octanol–water partition coefficient (Wildman–Crippen LogP) is 0.129. The van der Waals surface area contributed by atoms with Crippen molar-refractivity contribution in [3.8, 4) is 5.88 Å². The van der Waals surface area contributed by atoms with Crippen LogP contribution in [0.2, 0.25) is 0 Å². The molecule has 1 radical (unpaired) electrons. The molecule has 9 heavy (non-hydrogen) atoms. The van der Waals surface area contributed by atoms with Crippen LogP contribution in [0.3, 0.4) is 0 Å². The molecule has 0 aromatic carbocycles. The van der Waals surface area contributed by atoms with Gasteiger partial charge in [-0.25, -0.2) is 0 Å². The quantitative estimate of drug-likeness (QED) is 0.394. The Balaban J connectivity index is 3.01. The molecule has 0 fully saturated rings. The summed E-state index contributed by atoms with van der Waals surface area (Å²) in [5.41, 5.74) is 0. The molecule has 47 valence electrons. The molecule has 0 aliphatic heterocycles. The molecule has 0 atom stereocenters. The van der Waals surface area contributed by atoms with Crippen molar-refractivity contribution in [3.05, 3.63) is 29.6 Å². The van der Waals surface area contributed by atoms with Crippen LogP contribution in [-0.2, 0) is 0 Å². The number of pyridine rings is 1. The molecule has 1 aromatic heterocycles. The highest BCUT2D eigenvalue weighted by Crippen LogP contribution is 1.96. The molecule has 0 unspecified atom stereocenters. The zero-order valence-electron chi connectivity index (χ0n) is 5.00. The van der Waals surface area contributed by atoms with Gasteiger partial charge in [0.15, 0.2) is 6.20 Å². The van der Waals surface area contributed by atoms with Gasteiger partial charge in [0, 0.05) is 0 Å². The number of aromatic nitrogens is 1. The third-order valence-electron chi connectivity index (χ3n) is 0.940. The largest absolute Gasteiger partial charge is 0.616 e. The molecule has 3 heteroatoms. The van der Waals surface area contributed by atoms with E-state index in [1.807, 2.05) is 0 Å². The minimum absolute atomic E-state index is 0.286. The van der Waals surface area contributed by atoms with Crippen molar-refractivity contribution in [2.24, 2.45) is 0 Å². The van der Waals surface area contributed by atoms with Gasteiger partial charge in [0.1, 0.15) is 0 Å². The van der Waals surface area contributed by atoms with Gasteiger partial charge in [0.2, 0.25) is 0 Å². The molecule has 0 aliphatic rings. The fourth-order valence-electron chi connectivity index (χ4n) is 0.525. The zero-order chi connectivity index (χ0) is 6.69. The van der Waals surface area contributed by atoms with Crippen LogP contribution in [0.1, 0.15) is 0 Å². The Labute approximate surface area is 53.1 Å². The Morgan fingerprint density at radius 2 is 2.56 bits per heavy atom. The lowest BCUT2D eigenvalue weighted by Crippen LogP contribution is -2.27. The molecule has 0 aliphatic carbocycles. The Hall–Kier alpha value is -1.25. The zero-order valence-corrected chi connectivity index (χ0v) is 5.00. The molecular formula is C6H6NO2. The van der Waals surface area contributed by atoms with Gasteiger partial charge >= 0.3 is 5.88 Å². The van der Waals surface area contributed by atoms with E-state index in [1.54, 1.807) is 12.1 Å². The summed E-state index contributed by atoms with van der Waals surface area (Å²) in [7, 11) is 1.45. The average Bonchev–Trinajstić information content (AvgIpc) is 1.89. The van der Waals surface area contributed by atoms with Crippen molar-refractivity contribution >= 4 is 0 Å². The van der Waals surface area contributed by atoms with Crippen LogP contribution in [0, 0.1) is 11.3 Å². The summed E-state index contributed by atoms with van der Waals surface area (Å²) in [5.74, 6) is 0.286. The van der Waals surface area contributed by atoms with E-state index < -0.39 is 0 Å². The first kappa shape index (κ1) is 5.88. The second kappa shape index (κ2) is 2.35. The van der Waals surface area contributed by atoms with E-state index in [0.29, 0.717) is 4.73 Å².